The maximum Gasteiger partial charge on any atom is 0.243 e. The van der Waals surface area contributed by atoms with Crippen molar-refractivity contribution in [1.82, 2.24) is 0 Å². The Balaban J connectivity index is 1.98. The average Bonchev–Trinajstić information content (AvgIpc) is 2.42. The number of amides is 1. The number of anilines is 2. The van der Waals surface area contributed by atoms with Gasteiger partial charge in [-0.1, -0.05) is 34.1 Å². The van der Waals surface area contributed by atoms with Crippen LogP contribution < -0.4 is 10.6 Å². The summed E-state index contributed by atoms with van der Waals surface area (Å²) in [5.41, 5.74) is 0.299. The van der Waals surface area contributed by atoms with Gasteiger partial charge in [0.25, 0.3) is 0 Å². The molecule has 0 atom stereocenters. The Labute approximate surface area is 123 Å². The lowest BCUT2D eigenvalue weighted by Gasteiger charge is -2.09. The molecule has 2 aromatic carbocycles. The molecule has 1 amide bonds. The molecule has 3 nitrogen and oxygen atoms in total. The van der Waals surface area contributed by atoms with E-state index in [0.717, 1.165) is 17.8 Å². The lowest BCUT2D eigenvalue weighted by molar-refractivity contribution is -0.114. The first-order chi connectivity index (χ1) is 9.56. The largest absolute Gasteiger partial charge is 0.376 e. The van der Waals surface area contributed by atoms with E-state index in [2.05, 4.69) is 26.6 Å². The maximum absolute atomic E-state index is 13.5. The van der Waals surface area contributed by atoms with E-state index in [1.165, 1.54) is 0 Å². The van der Waals surface area contributed by atoms with E-state index in [0.29, 0.717) is 0 Å². The van der Waals surface area contributed by atoms with Gasteiger partial charge in [-0.3, -0.25) is 4.79 Å². The molecule has 20 heavy (non-hydrogen) atoms. The van der Waals surface area contributed by atoms with Crippen LogP contribution in [0.3, 0.4) is 0 Å². The normalized spacial score (nSPS) is 10.2. The smallest absolute Gasteiger partial charge is 0.243 e. The standard InChI is InChI=1S/C14H11BrF2N2O/c15-9-6-11(16)14(12(17)7-9)19-13(20)8-18-10-4-2-1-3-5-10/h1-7,18H,8H2,(H,19,20). The van der Waals surface area contributed by atoms with Crippen LogP contribution in [0.25, 0.3) is 0 Å². The minimum absolute atomic E-state index is 0.0844. The van der Waals surface area contributed by atoms with Gasteiger partial charge in [-0.25, -0.2) is 8.78 Å². The predicted molar refractivity (Wildman–Crippen MR) is 77.6 cm³/mol. The highest BCUT2D eigenvalue weighted by molar-refractivity contribution is 9.10. The summed E-state index contributed by atoms with van der Waals surface area (Å²) in [5.74, 6) is -2.19. The zero-order valence-corrected chi connectivity index (χ0v) is 11.9. The van der Waals surface area contributed by atoms with Gasteiger partial charge in [-0.15, -0.1) is 0 Å². The molecule has 6 heteroatoms. The number of rotatable bonds is 4. The Morgan fingerprint density at radius 3 is 2.30 bits per heavy atom. The second-order valence-corrected chi connectivity index (χ2v) is 4.93. The Hall–Kier alpha value is -1.95. The number of benzene rings is 2. The van der Waals surface area contributed by atoms with Crippen molar-refractivity contribution in [3.63, 3.8) is 0 Å². The molecule has 0 aliphatic rings. The van der Waals surface area contributed by atoms with Gasteiger partial charge in [0.2, 0.25) is 5.91 Å². The van der Waals surface area contributed by atoms with Gasteiger partial charge in [0.15, 0.2) is 11.6 Å². The second-order valence-electron chi connectivity index (χ2n) is 4.01. The van der Waals surface area contributed by atoms with E-state index in [1.54, 1.807) is 12.1 Å². The lowest BCUT2D eigenvalue weighted by atomic mass is 10.3. The van der Waals surface area contributed by atoms with Gasteiger partial charge in [0.1, 0.15) is 5.69 Å². The summed E-state index contributed by atoms with van der Waals surface area (Å²) in [6, 6.07) is 11.2. The van der Waals surface area contributed by atoms with Crippen LogP contribution in [-0.4, -0.2) is 12.5 Å². The zero-order chi connectivity index (χ0) is 14.5. The summed E-state index contributed by atoms with van der Waals surface area (Å²) < 4.78 is 27.3. The minimum atomic E-state index is -0.829. The van der Waals surface area contributed by atoms with Crippen molar-refractivity contribution in [2.75, 3.05) is 17.2 Å². The van der Waals surface area contributed by atoms with Crippen molar-refractivity contribution in [1.29, 1.82) is 0 Å². The summed E-state index contributed by atoms with van der Waals surface area (Å²) >= 11 is 2.97. The molecule has 0 spiro atoms. The third-order valence-corrected chi connectivity index (χ3v) is 2.96. The topological polar surface area (TPSA) is 41.1 Å². The number of carbonyl (C=O) groups is 1. The van der Waals surface area contributed by atoms with Crippen LogP contribution in [0.2, 0.25) is 0 Å². The van der Waals surface area contributed by atoms with E-state index in [4.69, 9.17) is 0 Å². The van der Waals surface area contributed by atoms with E-state index in [1.807, 2.05) is 18.2 Å². The van der Waals surface area contributed by atoms with E-state index in [9.17, 15) is 13.6 Å². The van der Waals surface area contributed by atoms with Gasteiger partial charge in [0, 0.05) is 10.2 Å². The molecule has 2 N–H and O–H groups in total. The molecule has 0 bridgehead atoms. The Morgan fingerprint density at radius 1 is 1.10 bits per heavy atom. The number of halogens is 3. The first kappa shape index (κ1) is 14.5. The molecule has 0 unspecified atom stereocenters. The summed E-state index contributed by atoms with van der Waals surface area (Å²) in [7, 11) is 0. The van der Waals surface area contributed by atoms with Crippen LogP contribution in [0.1, 0.15) is 0 Å². The van der Waals surface area contributed by atoms with Crippen molar-refractivity contribution in [3.05, 3.63) is 58.6 Å². The van der Waals surface area contributed by atoms with Crippen LogP contribution >= 0.6 is 15.9 Å². The number of nitrogens with one attached hydrogen (secondary N) is 2. The third kappa shape index (κ3) is 3.77. The molecule has 0 saturated carbocycles. The maximum atomic E-state index is 13.5. The van der Waals surface area contributed by atoms with E-state index >= 15 is 0 Å². The number of hydrogen-bond donors (Lipinski definition) is 2. The summed E-state index contributed by atoms with van der Waals surface area (Å²) in [4.78, 5) is 11.7. The molecule has 0 aliphatic carbocycles. The van der Waals surface area contributed by atoms with Crippen LogP contribution in [0.5, 0.6) is 0 Å². The lowest BCUT2D eigenvalue weighted by Crippen LogP contribution is -2.23. The molecular weight excluding hydrogens is 330 g/mol. The van der Waals surface area contributed by atoms with Crippen LogP contribution in [0.4, 0.5) is 20.2 Å². The average molecular weight is 341 g/mol. The predicted octanol–water partition coefficient (Wildman–Crippen LogP) is 3.78. The monoisotopic (exact) mass is 340 g/mol. The summed E-state index contributed by atoms with van der Waals surface area (Å²) in [6.07, 6.45) is 0. The third-order valence-electron chi connectivity index (χ3n) is 2.50. The van der Waals surface area contributed by atoms with E-state index < -0.39 is 23.2 Å². The summed E-state index contributed by atoms with van der Waals surface area (Å²) in [5, 5.41) is 5.05. The fourth-order valence-electron chi connectivity index (χ4n) is 1.58. The molecule has 104 valence electrons. The van der Waals surface area contributed by atoms with Gasteiger partial charge < -0.3 is 10.6 Å². The molecule has 2 rings (SSSR count). The van der Waals surface area contributed by atoms with Crippen molar-refractivity contribution in [3.8, 4) is 0 Å². The SMILES string of the molecule is O=C(CNc1ccccc1)Nc1c(F)cc(Br)cc1F. The van der Waals surface area contributed by atoms with Gasteiger partial charge >= 0.3 is 0 Å². The highest BCUT2D eigenvalue weighted by Gasteiger charge is 2.13. The van der Waals surface area contributed by atoms with Gasteiger partial charge in [0.05, 0.1) is 6.54 Å². The molecular formula is C14H11BrF2N2O. The van der Waals surface area contributed by atoms with Gasteiger partial charge in [-0.05, 0) is 24.3 Å². The highest BCUT2D eigenvalue weighted by Crippen LogP contribution is 2.23. The van der Waals surface area contributed by atoms with Crippen molar-refractivity contribution in [2.24, 2.45) is 0 Å². The Kier molecular flexibility index (Phi) is 4.68. The fourth-order valence-corrected chi connectivity index (χ4v) is 1.99. The van der Waals surface area contributed by atoms with Crippen LogP contribution in [0, 0.1) is 11.6 Å². The Bertz CT molecular complexity index is 597. The fraction of sp³-hybridized carbons (Fsp3) is 0.0714. The number of carbonyl (C=O) groups excluding carboxylic acids is 1. The van der Waals surface area contributed by atoms with E-state index in [-0.39, 0.29) is 11.0 Å². The molecule has 0 aromatic heterocycles. The Morgan fingerprint density at radius 2 is 1.70 bits per heavy atom. The van der Waals surface area contributed by atoms with Crippen molar-refractivity contribution < 1.29 is 13.6 Å². The second kappa shape index (κ2) is 6.47. The molecule has 0 aliphatic heterocycles. The highest BCUT2D eigenvalue weighted by atomic mass is 79.9. The van der Waals surface area contributed by atoms with Crippen LogP contribution in [0.15, 0.2) is 46.9 Å². The molecule has 0 radical (unpaired) electrons. The minimum Gasteiger partial charge on any atom is -0.376 e. The quantitative estimate of drug-likeness (QED) is 0.889. The first-order valence-electron chi connectivity index (χ1n) is 5.79. The zero-order valence-electron chi connectivity index (χ0n) is 10.3. The number of para-hydroxylation sites is 1. The summed E-state index contributed by atoms with van der Waals surface area (Å²) in [6.45, 7) is -0.0844. The van der Waals surface area contributed by atoms with Crippen LogP contribution in [-0.2, 0) is 4.79 Å². The van der Waals surface area contributed by atoms with Gasteiger partial charge in [-0.2, -0.15) is 0 Å². The molecule has 0 fully saturated rings. The molecule has 2 aromatic rings. The first-order valence-corrected chi connectivity index (χ1v) is 6.59. The molecule has 0 saturated heterocycles. The molecule has 0 heterocycles. The van der Waals surface area contributed by atoms with Crippen molar-refractivity contribution in [2.45, 2.75) is 0 Å². The van der Waals surface area contributed by atoms with Crippen molar-refractivity contribution >= 4 is 33.2 Å². The number of hydrogen-bond acceptors (Lipinski definition) is 2.